The lowest BCUT2D eigenvalue weighted by atomic mass is 9.78. The molecule has 1 aromatic rings. The van der Waals surface area contributed by atoms with Crippen molar-refractivity contribution in [3.8, 4) is 11.5 Å². The Morgan fingerprint density at radius 2 is 2.16 bits per heavy atom. The van der Waals surface area contributed by atoms with Crippen molar-refractivity contribution in [2.45, 2.75) is 39.0 Å². The number of ether oxygens (including phenoxy) is 2. The fourth-order valence-electron chi connectivity index (χ4n) is 2.46. The van der Waals surface area contributed by atoms with Crippen molar-refractivity contribution in [2.24, 2.45) is 0 Å². The summed E-state index contributed by atoms with van der Waals surface area (Å²) in [7, 11) is 0. The molecule has 104 valence electrons. The Morgan fingerprint density at radius 3 is 2.74 bits per heavy atom. The molecule has 0 aliphatic carbocycles. The number of aliphatic carboxylic acids is 1. The summed E-state index contributed by atoms with van der Waals surface area (Å²) in [6.07, 6.45) is 0.877. The molecule has 0 unspecified atom stereocenters. The van der Waals surface area contributed by atoms with E-state index in [1.165, 1.54) is 0 Å². The smallest absolute Gasteiger partial charge is 0.304 e. The number of hydrogen-bond acceptors (Lipinski definition) is 3. The monoisotopic (exact) mass is 328 g/mol. The molecule has 1 aromatic carbocycles. The Balaban J connectivity index is 2.57. The number of rotatable bonds is 4. The lowest BCUT2D eigenvalue weighted by Crippen LogP contribution is -2.23. The Bertz CT molecular complexity index is 523. The van der Waals surface area contributed by atoms with Crippen LogP contribution in [0.25, 0.3) is 0 Å². The summed E-state index contributed by atoms with van der Waals surface area (Å²) in [4.78, 5) is 11.0. The second-order valence-electron chi connectivity index (χ2n) is 5.26. The van der Waals surface area contributed by atoms with Gasteiger partial charge in [0.1, 0.15) is 0 Å². The molecule has 0 aromatic heterocycles. The topological polar surface area (TPSA) is 55.8 Å². The van der Waals surface area contributed by atoms with Crippen molar-refractivity contribution in [3.63, 3.8) is 0 Å². The zero-order chi connectivity index (χ0) is 14.2. The molecule has 0 radical (unpaired) electrons. The van der Waals surface area contributed by atoms with Gasteiger partial charge < -0.3 is 14.6 Å². The molecule has 4 nitrogen and oxygen atoms in total. The fourth-order valence-corrected chi connectivity index (χ4v) is 3.27. The zero-order valence-electron chi connectivity index (χ0n) is 11.2. The molecule has 0 spiro atoms. The van der Waals surface area contributed by atoms with Crippen molar-refractivity contribution in [2.75, 3.05) is 6.79 Å². The van der Waals surface area contributed by atoms with Crippen LogP contribution in [0.1, 0.15) is 38.3 Å². The molecule has 0 saturated heterocycles. The van der Waals surface area contributed by atoms with Gasteiger partial charge in [-0.2, -0.15) is 0 Å². The Kier molecular flexibility index (Phi) is 3.76. The zero-order valence-corrected chi connectivity index (χ0v) is 12.8. The molecule has 2 rings (SSSR count). The van der Waals surface area contributed by atoms with Gasteiger partial charge in [0.25, 0.3) is 0 Å². The van der Waals surface area contributed by atoms with E-state index in [0.717, 1.165) is 22.0 Å². The number of halogens is 1. The molecule has 1 aliphatic heterocycles. The summed E-state index contributed by atoms with van der Waals surface area (Å²) in [5, 5.41) is 9.07. The largest absolute Gasteiger partial charge is 0.481 e. The van der Waals surface area contributed by atoms with Gasteiger partial charge in [-0.3, -0.25) is 4.79 Å². The van der Waals surface area contributed by atoms with Gasteiger partial charge in [0, 0.05) is 5.41 Å². The van der Waals surface area contributed by atoms with Crippen LogP contribution in [0.2, 0.25) is 0 Å². The summed E-state index contributed by atoms with van der Waals surface area (Å²) in [6.45, 7) is 6.12. The average molecular weight is 329 g/mol. The minimum atomic E-state index is -0.805. The number of carboxylic acid groups (broad SMARTS) is 1. The van der Waals surface area contributed by atoms with Crippen LogP contribution in [0.5, 0.6) is 11.5 Å². The van der Waals surface area contributed by atoms with Crippen molar-refractivity contribution >= 4 is 21.9 Å². The third-order valence-electron chi connectivity index (χ3n) is 3.38. The summed E-state index contributed by atoms with van der Waals surface area (Å²) >= 11 is 3.55. The molecule has 0 saturated carbocycles. The Morgan fingerprint density at radius 1 is 1.47 bits per heavy atom. The molecule has 0 bridgehead atoms. The van der Waals surface area contributed by atoms with E-state index in [1.54, 1.807) is 0 Å². The van der Waals surface area contributed by atoms with Crippen molar-refractivity contribution < 1.29 is 19.4 Å². The van der Waals surface area contributed by atoms with Gasteiger partial charge in [-0.25, -0.2) is 0 Å². The summed E-state index contributed by atoms with van der Waals surface area (Å²) in [5.74, 6) is 0.588. The molecular weight excluding hydrogens is 312 g/mol. The highest BCUT2D eigenvalue weighted by molar-refractivity contribution is 9.10. The first-order chi connectivity index (χ1) is 8.86. The highest BCUT2D eigenvalue weighted by atomic mass is 79.9. The highest BCUT2D eigenvalue weighted by Gasteiger charge is 2.31. The first kappa shape index (κ1) is 14.2. The number of benzene rings is 1. The molecule has 19 heavy (non-hydrogen) atoms. The van der Waals surface area contributed by atoms with Crippen LogP contribution in [0.3, 0.4) is 0 Å². The minimum Gasteiger partial charge on any atom is -0.481 e. The van der Waals surface area contributed by atoms with Gasteiger partial charge >= 0.3 is 5.97 Å². The van der Waals surface area contributed by atoms with Gasteiger partial charge in [-0.1, -0.05) is 20.8 Å². The molecule has 1 heterocycles. The second kappa shape index (κ2) is 5.04. The Hall–Kier alpha value is -1.23. The molecule has 0 fully saturated rings. The minimum absolute atomic E-state index is 0.0755. The lowest BCUT2D eigenvalue weighted by Gasteiger charge is -2.27. The van der Waals surface area contributed by atoms with Crippen LogP contribution >= 0.6 is 15.9 Å². The Labute approximate surface area is 120 Å². The van der Waals surface area contributed by atoms with Crippen molar-refractivity contribution in [1.82, 2.24) is 0 Å². The number of hydrogen-bond donors (Lipinski definition) is 1. The standard InChI is InChI=1S/C14H17BrO4/c1-4-8-9(14(2,3)6-11(16)17)5-10-13(12(8)15)19-7-18-10/h5H,4,6-7H2,1-3H3,(H,16,17). The van der Waals surface area contributed by atoms with E-state index in [4.69, 9.17) is 14.6 Å². The SMILES string of the molecule is CCc1c(C(C)(C)CC(=O)O)cc2c(c1Br)OCO2. The lowest BCUT2D eigenvalue weighted by molar-refractivity contribution is -0.138. The molecule has 0 atom stereocenters. The quantitative estimate of drug-likeness (QED) is 0.919. The van der Waals surface area contributed by atoms with E-state index in [0.29, 0.717) is 11.5 Å². The van der Waals surface area contributed by atoms with Crippen LogP contribution in [0.15, 0.2) is 10.5 Å². The maximum atomic E-state index is 11.0. The van der Waals surface area contributed by atoms with Gasteiger partial charge in [0.15, 0.2) is 11.5 Å². The molecular formula is C14H17BrO4. The van der Waals surface area contributed by atoms with Crippen molar-refractivity contribution in [3.05, 3.63) is 21.7 Å². The number of carbonyl (C=O) groups is 1. The highest BCUT2D eigenvalue weighted by Crippen LogP contribution is 2.46. The molecule has 1 N–H and O–H groups in total. The third kappa shape index (κ3) is 2.56. The number of fused-ring (bicyclic) bond motifs is 1. The number of carboxylic acids is 1. The van der Waals surface area contributed by atoms with Crippen LogP contribution < -0.4 is 9.47 Å². The van der Waals surface area contributed by atoms with Crippen LogP contribution in [-0.2, 0) is 16.6 Å². The maximum absolute atomic E-state index is 11.0. The molecule has 1 aliphatic rings. The third-order valence-corrected chi connectivity index (χ3v) is 4.22. The fraction of sp³-hybridized carbons (Fsp3) is 0.500. The average Bonchev–Trinajstić information content (AvgIpc) is 2.75. The predicted octanol–water partition coefficient (Wildman–Crippen LogP) is 3.49. The molecule has 5 heteroatoms. The van der Waals surface area contributed by atoms with E-state index in [9.17, 15) is 4.79 Å². The summed E-state index contributed by atoms with van der Waals surface area (Å²) < 4.78 is 11.7. The van der Waals surface area contributed by atoms with Crippen molar-refractivity contribution in [1.29, 1.82) is 0 Å². The van der Waals surface area contributed by atoms with E-state index < -0.39 is 11.4 Å². The first-order valence-electron chi connectivity index (χ1n) is 6.20. The van der Waals surface area contributed by atoms with E-state index in [2.05, 4.69) is 15.9 Å². The summed E-state index contributed by atoms with van der Waals surface area (Å²) in [6, 6.07) is 1.91. The summed E-state index contributed by atoms with van der Waals surface area (Å²) in [5.41, 5.74) is 1.62. The second-order valence-corrected chi connectivity index (χ2v) is 6.05. The normalized spacial score (nSPS) is 13.7. The van der Waals surface area contributed by atoms with E-state index >= 15 is 0 Å². The van der Waals surface area contributed by atoms with Gasteiger partial charge in [0.2, 0.25) is 6.79 Å². The van der Waals surface area contributed by atoms with Gasteiger partial charge in [-0.15, -0.1) is 0 Å². The van der Waals surface area contributed by atoms with Gasteiger partial charge in [0.05, 0.1) is 10.9 Å². The maximum Gasteiger partial charge on any atom is 0.304 e. The molecule has 0 amide bonds. The van der Waals surface area contributed by atoms with Crippen LogP contribution in [-0.4, -0.2) is 17.9 Å². The van der Waals surface area contributed by atoms with E-state index in [-0.39, 0.29) is 13.2 Å². The van der Waals surface area contributed by atoms with Crippen LogP contribution in [0, 0.1) is 0 Å². The van der Waals surface area contributed by atoms with Gasteiger partial charge in [-0.05, 0) is 39.5 Å². The first-order valence-corrected chi connectivity index (χ1v) is 6.99. The van der Waals surface area contributed by atoms with Crippen LogP contribution in [0.4, 0.5) is 0 Å². The predicted molar refractivity (Wildman–Crippen MR) is 74.9 cm³/mol. The van der Waals surface area contributed by atoms with E-state index in [1.807, 2.05) is 26.8 Å².